The van der Waals surface area contributed by atoms with Gasteiger partial charge in [0.05, 0.1) is 18.6 Å². The highest BCUT2D eigenvalue weighted by molar-refractivity contribution is 5.70. The minimum Gasteiger partial charge on any atom is -0.481 e. The number of aliphatic carboxylic acids is 1. The van der Waals surface area contributed by atoms with E-state index in [0.717, 1.165) is 44.1 Å². The maximum Gasteiger partial charge on any atom is 0.309 e. The molecule has 3 heteroatoms. The maximum atomic E-state index is 11.6. The Labute approximate surface area is 134 Å². The average molecular weight is 306 g/mol. The molecule has 0 saturated heterocycles. The third kappa shape index (κ3) is 7.08. The Balaban J connectivity index is 2.65. The van der Waals surface area contributed by atoms with Gasteiger partial charge in [0.2, 0.25) is 0 Å². The highest BCUT2D eigenvalue weighted by Crippen LogP contribution is 2.23. The number of ether oxygens (including phenoxy) is 1. The van der Waals surface area contributed by atoms with E-state index in [-0.39, 0.29) is 12.0 Å². The van der Waals surface area contributed by atoms with Gasteiger partial charge in [0, 0.05) is 0 Å². The molecule has 0 heterocycles. The fourth-order valence-electron chi connectivity index (χ4n) is 2.67. The van der Waals surface area contributed by atoms with E-state index in [9.17, 15) is 9.90 Å². The van der Waals surface area contributed by atoms with Crippen LogP contribution in [0.1, 0.15) is 64.4 Å². The predicted octanol–water partition coefficient (Wildman–Crippen LogP) is 5.04. The lowest BCUT2D eigenvalue weighted by molar-refractivity contribution is -0.149. The third-order valence-corrected chi connectivity index (χ3v) is 4.03. The van der Waals surface area contributed by atoms with Crippen molar-refractivity contribution in [2.75, 3.05) is 0 Å². The first-order valence-electron chi connectivity index (χ1n) is 8.57. The molecule has 0 bridgehead atoms. The van der Waals surface area contributed by atoms with Crippen LogP contribution in [0.4, 0.5) is 0 Å². The van der Waals surface area contributed by atoms with Gasteiger partial charge in [0.1, 0.15) is 0 Å². The van der Waals surface area contributed by atoms with Crippen molar-refractivity contribution in [3.05, 3.63) is 35.9 Å². The Hall–Kier alpha value is -1.35. The van der Waals surface area contributed by atoms with Crippen LogP contribution in [0, 0.1) is 5.92 Å². The maximum absolute atomic E-state index is 11.6. The zero-order chi connectivity index (χ0) is 16.2. The number of hydrogen-bond acceptors (Lipinski definition) is 2. The second-order valence-corrected chi connectivity index (χ2v) is 5.92. The molecule has 3 nitrogen and oxygen atoms in total. The average Bonchev–Trinajstić information content (AvgIpc) is 2.53. The molecule has 0 amide bonds. The molecule has 0 radical (unpaired) electrons. The Morgan fingerprint density at radius 1 is 1.05 bits per heavy atom. The van der Waals surface area contributed by atoms with Gasteiger partial charge in [-0.3, -0.25) is 4.79 Å². The van der Waals surface area contributed by atoms with E-state index in [1.807, 2.05) is 30.3 Å². The number of unbranched alkanes of at least 4 members (excludes halogenated alkanes) is 3. The second kappa shape index (κ2) is 11.2. The van der Waals surface area contributed by atoms with Crippen LogP contribution < -0.4 is 0 Å². The van der Waals surface area contributed by atoms with E-state index in [2.05, 4.69) is 13.8 Å². The van der Waals surface area contributed by atoms with Crippen LogP contribution in [0.25, 0.3) is 0 Å². The van der Waals surface area contributed by atoms with Crippen molar-refractivity contribution < 1.29 is 14.6 Å². The molecule has 0 aliphatic carbocycles. The second-order valence-electron chi connectivity index (χ2n) is 5.92. The summed E-state index contributed by atoms with van der Waals surface area (Å²) in [6.07, 6.45) is 6.62. The molecule has 0 spiro atoms. The van der Waals surface area contributed by atoms with E-state index >= 15 is 0 Å². The van der Waals surface area contributed by atoms with Gasteiger partial charge in [-0.25, -0.2) is 0 Å². The molecule has 0 unspecified atom stereocenters. The summed E-state index contributed by atoms with van der Waals surface area (Å²) < 4.78 is 6.01. The molecule has 0 aliphatic heterocycles. The molecular weight excluding hydrogens is 276 g/mol. The highest BCUT2D eigenvalue weighted by atomic mass is 16.5. The fraction of sp³-hybridized carbons (Fsp3) is 0.632. The molecular formula is C19H30O3. The summed E-state index contributed by atoms with van der Waals surface area (Å²) in [5, 5.41) is 9.54. The quantitative estimate of drug-likeness (QED) is 0.550. The van der Waals surface area contributed by atoms with Gasteiger partial charge in [0.15, 0.2) is 0 Å². The zero-order valence-electron chi connectivity index (χ0n) is 14.0. The molecule has 0 aliphatic rings. The van der Waals surface area contributed by atoms with Crippen molar-refractivity contribution in [3.8, 4) is 0 Å². The molecule has 1 aromatic carbocycles. The minimum atomic E-state index is -0.719. The summed E-state index contributed by atoms with van der Waals surface area (Å²) in [5.41, 5.74) is 1.10. The lowest BCUT2D eigenvalue weighted by atomic mass is 9.92. The third-order valence-electron chi connectivity index (χ3n) is 4.03. The van der Waals surface area contributed by atoms with Gasteiger partial charge < -0.3 is 9.84 Å². The van der Waals surface area contributed by atoms with Crippen molar-refractivity contribution in [2.45, 2.75) is 71.5 Å². The molecule has 124 valence electrons. The van der Waals surface area contributed by atoms with Crippen LogP contribution in [-0.2, 0) is 16.1 Å². The van der Waals surface area contributed by atoms with Crippen LogP contribution in [0.2, 0.25) is 0 Å². The van der Waals surface area contributed by atoms with Crippen LogP contribution >= 0.6 is 0 Å². The molecule has 1 rings (SSSR count). The molecule has 1 N–H and O–H groups in total. The van der Waals surface area contributed by atoms with E-state index in [4.69, 9.17) is 4.74 Å². The van der Waals surface area contributed by atoms with Crippen molar-refractivity contribution in [1.29, 1.82) is 0 Å². The van der Waals surface area contributed by atoms with E-state index in [1.165, 1.54) is 0 Å². The summed E-state index contributed by atoms with van der Waals surface area (Å²) in [4.78, 5) is 11.6. The fourth-order valence-corrected chi connectivity index (χ4v) is 2.67. The number of hydrogen-bond donors (Lipinski definition) is 1. The van der Waals surface area contributed by atoms with Gasteiger partial charge in [-0.1, -0.05) is 76.3 Å². The Morgan fingerprint density at radius 3 is 2.32 bits per heavy atom. The van der Waals surface area contributed by atoms with Crippen LogP contribution in [-0.4, -0.2) is 17.2 Å². The van der Waals surface area contributed by atoms with Crippen LogP contribution in [0.3, 0.4) is 0 Å². The zero-order valence-corrected chi connectivity index (χ0v) is 14.0. The smallest absolute Gasteiger partial charge is 0.309 e. The SMILES string of the molecule is CCCCC[C@H](OCc1ccccc1)[C@H](CCCC)C(=O)O. The number of carbonyl (C=O) groups is 1. The monoisotopic (exact) mass is 306 g/mol. The van der Waals surface area contributed by atoms with E-state index < -0.39 is 5.97 Å². The number of carboxylic acid groups (broad SMARTS) is 1. The van der Waals surface area contributed by atoms with Gasteiger partial charge in [-0.15, -0.1) is 0 Å². The van der Waals surface area contributed by atoms with Crippen molar-refractivity contribution in [2.24, 2.45) is 5.92 Å². The lowest BCUT2D eigenvalue weighted by Gasteiger charge is -2.24. The van der Waals surface area contributed by atoms with Gasteiger partial charge >= 0.3 is 5.97 Å². The Bertz CT molecular complexity index is 402. The summed E-state index contributed by atoms with van der Waals surface area (Å²) in [6.45, 7) is 4.74. The van der Waals surface area contributed by atoms with Crippen LogP contribution in [0.5, 0.6) is 0 Å². The van der Waals surface area contributed by atoms with Crippen molar-refractivity contribution in [3.63, 3.8) is 0 Å². The molecule has 0 saturated carbocycles. The molecule has 0 fully saturated rings. The van der Waals surface area contributed by atoms with Gasteiger partial charge in [-0.05, 0) is 18.4 Å². The Morgan fingerprint density at radius 2 is 1.73 bits per heavy atom. The first kappa shape index (κ1) is 18.7. The number of rotatable bonds is 12. The molecule has 1 aromatic rings. The van der Waals surface area contributed by atoms with Gasteiger partial charge in [0.25, 0.3) is 0 Å². The highest BCUT2D eigenvalue weighted by Gasteiger charge is 2.28. The first-order valence-corrected chi connectivity index (χ1v) is 8.57. The topological polar surface area (TPSA) is 46.5 Å². The van der Waals surface area contributed by atoms with Crippen molar-refractivity contribution >= 4 is 5.97 Å². The summed E-state index contributed by atoms with van der Waals surface area (Å²) >= 11 is 0. The summed E-state index contributed by atoms with van der Waals surface area (Å²) in [6, 6.07) is 9.98. The van der Waals surface area contributed by atoms with Crippen molar-refractivity contribution in [1.82, 2.24) is 0 Å². The molecule has 2 atom stereocenters. The molecule has 22 heavy (non-hydrogen) atoms. The lowest BCUT2D eigenvalue weighted by Crippen LogP contribution is -2.31. The number of benzene rings is 1. The van der Waals surface area contributed by atoms with E-state index in [1.54, 1.807) is 0 Å². The largest absolute Gasteiger partial charge is 0.481 e. The standard InChI is InChI=1S/C19H30O3/c1-3-5-8-14-18(17(19(20)21)13-6-4-2)22-15-16-11-9-7-10-12-16/h7,9-12,17-18H,3-6,8,13-15H2,1-2H3,(H,20,21)/t17-,18-/m0/s1. The van der Waals surface area contributed by atoms with Gasteiger partial charge in [-0.2, -0.15) is 0 Å². The van der Waals surface area contributed by atoms with E-state index in [0.29, 0.717) is 13.0 Å². The minimum absolute atomic E-state index is 0.184. The normalized spacial score (nSPS) is 13.7. The summed E-state index contributed by atoms with van der Waals surface area (Å²) in [7, 11) is 0. The predicted molar refractivity (Wildman–Crippen MR) is 89.8 cm³/mol. The Kier molecular flexibility index (Phi) is 9.56. The number of carboxylic acids is 1. The van der Waals surface area contributed by atoms with Crippen LogP contribution in [0.15, 0.2) is 30.3 Å². The summed E-state index contributed by atoms with van der Waals surface area (Å²) in [5.74, 6) is -1.11. The first-order chi connectivity index (χ1) is 10.7. The molecule has 0 aromatic heterocycles.